The number of benzene rings is 1. The summed E-state index contributed by atoms with van der Waals surface area (Å²) >= 11 is 0. The molecule has 0 bridgehead atoms. The maximum Gasteiger partial charge on any atom is 0.255 e. The quantitative estimate of drug-likeness (QED) is 0.730. The Bertz CT molecular complexity index is 951. The normalized spacial score (nSPS) is 12.1. The Hall–Kier alpha value is -2.99. The standard InChI is InChI=1S/C19H20N4O2/c1-23-17-8-3-2-6-13(17)10-14(19(23)25)12-22-18(24)16(20)11-15-7-4-5-9-21-15/h2-10,16H,11-12,20H2,1H3,(H,22,24)/t16-/m1/s1. The van der Waals surface area contributed by atoms with Crippen LogP contribution < -0.4 is 16.6 Å². The minimum atomic E-state index is -0.709. The van der Waals surface area contributed by atoms with E-state index < -0.39 is 6.04 Å². The first-order chi connectivity index (χ1) is 12.1. The van der Waals surface area contributed by atoms with Crippen LogP contribution in [0.4, 0.5) is 0 Å². The summed E-state index contributed by atoms with van der Waals surface area (Å²) in [6.07, 6.45) is 2.02. The molecule has 0 saturated heterocycles. The Morgan fingerprint density at radius 1 is 1.24 bits per heavy atom. The van der Waals surface area contributed by atoms with Crippen LogP contribution in [0.3, 0.4) is 0 Å². The zero-order valence-electron chi connectivity index (χ0n) is 14.0. The molecule has 2 heterocycles. The average molecular weight is 336 g/mol. The number of hydrogen-bond acceptors (Lipinski definition) is 4. The lowest BCUT2D eigenvalue weighted by atomic mass is 10.1. The summed E-state index contributed by atoms with van der Waals surface area (Å²) < 4.78 is 1.59. The third-order valence-electron chi connectivity index (χ3n) is 4.15. The number of fused-ring (bicyclic) bond motifs is 1. The van der Waals surface area contributed by atoms with Crippen molar-refractivity contribution in [1.82, 2.24) is 14.9 Å². The fourth-order valence-electron chi connectivity index (χ4n) is 2.77. The van der Waals surface area contributed by atoms with Gasteiger partial charge in [-0.1, -0.05) is 24.3 Å². The molecule has 1 atom stereocenters. The second kappa shape index (κ2) is 7.27. The van der Waals surface area contributed by atoms with Gasteiger partial charge in [0, 0.05) is 37.5 Å². The molecule has 0 saturated carbocycles. The van der Waals surface area contributed by atoms with Crippen molar-refractivity contribution >= 4 is 16.8 Å². The number of carbonyl (C=O) groups is 1. The van der Waals surface area contributed by atoms with E-state index >= 15 is 0 Å². The van der Waals surface area contributed by atoms with Gasteiger partial charge in [-0.2, -0.15) is 0 Å². The second-order valence-corrected chi connectivity index (χ2v) is 5.94. The molecule has 0 aliphatic rings. The lowest BCUT2D eigenvalue weighted by molar-refractivity contribution is -0.122. The third kappa shape index (κ3) is 3.75. The number of nitrogens with zero attached hydrogens (tertiary/aromatic N) is 2. The van der Waals surface area contributed by atoms with Gasteiger partial charge < -0.3 is 15.6 Å². The van der Waals surface area contributed by atoms with E-state index in [-0.39, 0.29) is 18.0 Å². The summed E-state index contributed by atoms with van der Waals surface area (Å²) in [6, 6.07) is 14.2. The molecule has 128 valence electrons. The lowest BCUT2D eigenvalue weighted by Gasteiger charge is -2.13. The van der Waals surface area contributed by atoms with Gasteiger partial charge in [0.15, 0.2) is 0 Å². The lowest BCUT2D eigenvalue weighted by Crippen LogP contribution is -2.42. The molecule has 0 aliphatic heterocycles. The van der Waals surface area contributed by atoms with Gasteiger partial charge in [0.2, 0.25) is 5.91 Å². The molecule has 0 radical (unpaired) electrons. The van der Waals surface area contributed by atoms with E-state index in [1.54, 1.807) is 17.8 Å². The fourth-order valence-corrected chi connectivity index (χ4v) is 2.77. The predicted octanol–water partition coefficient (Wildman–Crippen LogP) is 1.12. The van der Waals surface area contributed by atoms with E-state index in [9.17, 15) is 9.59 Å². The van der Waals surface area contributed by atoms with E-state index in [1.807, 2.05) is 48.5 Å². The number of amides is 1. The van der Waals surface area contributed by atoms with Gasteiger partial charge in [0.1, 0.15) is 0 Å². The van der Waals surface area contributed by atoms with Crippen LogP contribution in [-0.4, -0.2) is 21.5 Å². The van der Waals surface area contributed by atoms with Crippen LogP contribution in [0.15, 0.2) is 59.5 Å². The average Bonchev–Trinajstić information content (AvgIpc) is 2.64. The summed E-state index contributed by atoms with van der Waals surface area (Å²) in [5, 5.41) is 3.70. The SMILES string of the molecule is Cn1c(=O)c(CNC(=O)[C@H](N)Cc2ccccn2)cc2ccccc21. The molecule has 0 aliphatic carbocycles. The van der Waals surface area contributed by atoms with Crippen molar-refractivity contribution < 1.29 is 4.79 Å². The number of rotatable bonds is 5. The van der Waals surface area contributed by atoms with Crippen molar-refractivity contribution in [3.05, 3.63) is 76.3 Å². The van der Waals surface area contributed by atoms with Gasteiger partial charge in [0.25, 0.3) is 5.56 Å². The Labute approximate surface area is 145 Å². The minimum Gasteiger partial charge on any atom is -0.350 e. The van der Waals surface area contributed by atoms with Crippen molar-refractivity contribution in [3.8, 4) is 0 Å². The molecule has 6 nitrogen and oxygen atoms in total. The van der Waals surface area contributed by atoms with Gasteiger partial charge in [0.05, 0.1) is 11.6 Å². The first-order valence-corrected chi connectivity index (χ1v) is 8.07. The van der Waals surface area contributed by atoms with Gasteiger partial charge >= 0.3 is 0 Å². The molecular weight excluding hydrogens is 316 g/mol. The maximum absolute atomic E-state index is 12.4. The molecule has 0 unspecified atom stereocenters. The zero-order chi connectivity index (χ0) is 17.8. The smallest absolute Gasteiger partial charge is 0.255 e. The van der Waals surface area contributed by atoms with Crippen LogP contribution in [0.2, 0.25) is 0 Å². The Morgan fingerprint density at radius 3 is 2.76 bits per heavy atom. The number of nitrogens with one attached hydrogen (secondary N) is 1. The summed E-state index contributed by atoms with van der Waals surface area (Å²) in [4.78, 5) is 28.8. The molecule has 3 aromatic rings. The van der Waals surface area contributed by atoms with Gasteiger partial charge in [-0.05, 0) is 29.7 Å². The monoisotopic (exact) mass is 336 g/mol. The number of hydrogen-bond donors (Lipinski definition) is 2. The predicted molar refractivity (Wildman–Crippen MR) is 97.0 cm³/mol. The number of aromatic nitrogens is 2. The molecule has 0 fully saturated rings. The van der Waals surface area contributed by atoms with Crippen LogP contribution in [0.5, 0.6) is 0 Å². The maximum atomic E-state index is 12.4. The molecule has 2 aromatic heterocycles. The van der Waals surface area contributed by atoms with E-state index in [1.165, 1.54) is 0 Å². The molecule has 3 rings (SSSR count). The van der Waals surface area contributed by atoms with Crippen molar-refractivity contribution in [2.45, 2.75) is 19.0 Å². The number of aryl methyl sites for hydroxylation is 1. The van der Waals surface area contributed by atoms with Crippen molar-refractivity contribution in [3.63, 3.8) is 0 Å². The Kier molecular flexibility index (Phi) is 4.90. The highest BCUT2D eigenvalue weighted by Crippen LogP contribution is 2.12. The van der Waals surface area contributed by atoms with E-state index in [2.05, 4.69) is 10.3 Å². The number of para-hydroxylation sites is 1. The fraction of sp³-hybridized carbons (Fsp3) is 0.211. The van der Waals surface area contributed by atoms with Crippen LogP contribution in [-0.2, 0) is 24.8 Å². The third-order valence-corrected chi connectivity index (χ3v) is 4.15. The van der Waals surface area contributed by atoms with Crippen LogP contribution in [0.1, 0.15) is 11.3 Å². The van der Waals surface area contributed by atoms with Crippen LogP contribution in [0.25, 0.3) is 10.9 Å². The highest BCUT2D eigenvalue weighted by atomic mass is 16.2. The van der Waals surface area contributed by atoms with Gasteiger partial charge in [-0.25, -0.2) is 0 Å². The van der Waals surface area contributed by atoms with Crippen LogP contribution >= 0.6 is 0 Å². The first kappa shape index (κ1) is 16.9. The molecule has 6 heteroatoms. The highest BCUT2D eigenvalue weighted by Gasteiger charge is 2.15. The molecule has 1 amide bonds. The molecule has 3 N–H and O–H groups in total. The van der Waals surface area contributed by atoms with Gasteiger partial charge in [-0.15, -0.1) is 0 Å². The zero-order valence-corrected chi connectivity index (χ0v) is 14.0. The topological polar surface area (TPSA) is 90.0 Å². The van der Waals surface area contributed by atoms with E-state index in [4.69, 9.17) is 5.73 Å². The molecular formula is C19H20N4O2. The molecule has 0 spiro atoms. The summed E-state index contributed by atoms with van der Waals surface area (Å²) in [6.45, 7) is 0.145. The first-order valence-electron chi connectivity index (χ1n) is 8.07. The Morgan fingerprint density at radius 2 is 2.00 bits per heavy atom. The number of pyridine rings is 2. The number of carbonyl (C=O) groups excluding carboxylic acids is 1. The number of nitrogens with two attached hydrogens (primary N) is 1. The Balaban J connectivity index is 1.71. The van der Waals surface area contributed by atoms with E-state index in [0.29, 0.717) is 12.0 Å². The van der Waals surface area contributed by atoms with Crippen molar-refractivity contribution in [2.75, 3.05) is 0 Å². The minimum absolute atomic E-state index is 0.128. The van der Waals surface area contributed by atoms with Crippen LogP contribution in [0, 0.1) is 0 Å². The summed E-state index contributed by atoms with van der Waals surface area (Å²) in [7, 11) is 1.72. The van der Waals surface area contributed by atoms with Crippen molar-refractivity contribution in [1.29, 1.82) is 0 Å². The van der Waals surface area contributed by atoms with Gasteiger partial charge in [-0.3, -0.25) is 14.6 Å². The molecule has 25 heavy (non-hydrogen) atoms. The second-order valence-electron chi connectivity index (χ2n) is 5.94. The summed E-state index contributed by atoms with van der Waals surface area (Å²) in [5.74, 6) is -0.305. The molecule has 1 aromatic carbocycles. The highest BCUT2D eigenvalue weighted by molar-refractivity contribution is 5.82. The largest absolute Gasteiger partial charge is 0.350 e. The van der Waals surface area contributed by atoms with Crippen molar-refractivity contribution in [2.24, 2.45) is 12.8 Å². The summed E-state index contributed by atoms with van der Waals surface area (Å²) in [5.41, 5.74) is 7.95. The van der Waals surface area contributed by atoms with E-state index in [0.717, 1.165) is 16.6 Å².